The van der Waals surface area contributed by atoms with Crippen LogP contribution in [-0.2, 0) is 6.18 Å². The van der Waals surface area contributed by atoms with Crippen molar-refractivity contribution in [2.24, 2.45) is 0 Å². The van der Waals surface area contributed by atoms with E-state index in [1.165, 1.54) is 24.3 Å². The Kier molecular flexibility index (Phi) is 4.04. The van der Waals surface area contributed by atoms with Gasteiger partial charge in [-0.25, -0.2) is 9.78 Å². The summed E-state index contributed by atoms with van der Waals surface area (Å²) in [6, 6.07) is 11.0. The van der Waals surface area contributed by atoms with E-state index in [1.807, 2.05) is 0 Å². The number of alkyl halides is 3. The molecule has 0 bridgehead atoms. The van der Waals surface area contributed by atoms with Crippen LogP contribution < -0.4 is 0 Å². The van der Waals surface area contributed by atoms with Gasteiger partial charge < -0.3 is 5.11 Å². The van der Waals surface area contributed by atoms with E-state index in [-0.39, 0.29) is 16.8 Å². The van der Waals surface area contributed by atoms with Crippen LogP contribution in [0.2, 0.25) is 0 Å². The molecule has 24 heavy (non-hydrogen) atoms. The second-order valence-corrected chi connectivity index (χ2v) is 5.89. The van der Waals surface area contributed by atoms with Crippen molar-refractivity contribution in [1.29, 1.82) is 0 Å². The average Bonchev–Trinajstić information content (AvgIpc) is 2.53. The van der Waals surface area contributed by atoms with Gasteiger partial charge in [-0.2, -0.15) is 13.2 Å². The summed E-state index contributed by atoms with van der Waals surface area (Å²) in [6.45, 7) is 0. The predicted molar refractivity (Wildman–Crippen MR) is 86.8 cm³/mol. The van der Waals surface area contributed by atoms with Gasteiger partial charge in [0.15, 0.2) is 0 Å². The fraction of sp³-hybridized carbons (Fsp3) is 0.0588. The molecule has 0 spiro atoms. The van der Waals surface area contributed by atoms with Crippen molar-refractivity contribution in [2.75, 3.05) is 0 Å². The maximum Gasteiger partial charge on any atom is 0.417 e. The summed E-state index contributed by atoms with van der Waals surface area (Å²) in [6.07, 6.45) is -4.56. The maximum atomic E-state index is 13.2. The van der Waals surface area contributed by atoms with Gasteiger partial charge in [-0.05, 0) is 34.1 Å². The molecule has 0 aliphatic rings. The Labute approximate surface area is 142 Å². The molecular weight excluding hydrogens is 387 g/mol. The molecule has 3 rings (SSSR count). The van der Waals surface area contributed by atoms with Gasteiger partial charge in [-0.15, -0.1) is 0 Å². The topological polar surface area (TPSA) is 50.2 Å². The lowest BCUT2D eigenvalue weighted by atomic mass is 10.00. The molecule has 3 nitrogen and oxygen atoms in total. The molecule has 0 fully saturated rings. The fourth-order valence-corrected chi connectivity index (χ4v) is 2.94. The highest BCUT2D eigenvalue weighted by molar-refractivity contribution is 9.10. The summed E-state index contributed by atoms with van der Waals surface area (Å²) in [5.41, 5.74) is -0.872. The number of pyridine rings is 1. The van der Waals surface area contributed by atoms with Gasteiger partial charge in [0, 0.05) is 15.4 Å². The number of fused-ring (bicyclic) bond motifs is 1. The molecule has 0 aliphatic heterocycles. The number of carbonyl (C=O) groups is 1. The summed E-state index contributed by atoms with van der Waals surface area (Å²) < 4.78 is 40.2. The minimum atomic E-state index is -4.56. The van der Waals surface area contributed by atoms with Crippen LogP contribution in [0.15, 0.2) is 53.0 Å². The third-order valence-electron chi connectivity index (χ3n) is 3.53. The van der Waals surface area contributed by atoms with Crippen LogP contribution in [0.25, 0.3) is 22.2 Å². The quantitative estimate of drug-likeness (QED) is 0.633. The summed E-state index contributed by atoms with van der Waals surface area (Å²) in [4.78, 5) is 15.8. The lowest BCUT2D eigenvalue weighted by molar-refractivity contribution is -0.137. The van der Waals surface area contributed by atoms with Crippen LogP contribution >= 0.6 is 15.9 Å². The van der Waals surface area contributed by atoms with E-state index in [9.17, 15) is 23.1 Å². The Bertz CT molecular complexity index is 954. The molecule has 0 amide bonds. The number of rotatable bonds is 2. The summed E-state index contributed by atoms with van der Waals surface area (Å²) >= 11 is 3.27. The zero-order valence-corrected chi connectivity index (χ0v) is 13.5. The lowest BCUT2D eigenvalue weighted by Gasteiger charge is -2.14. The standard InChI is InChI=1S/C17H9BrF3NO2/c18-13-7-3-5-9-11(16(23)24)8-14(22-15(9)13)10-4-1-2-6-12(10)17(19,20)21/h1-8H,(H,23,24). The van der Waals surface area contributed by atoms with Gasteiger partial charge in [0.2, 0.25) is 0 Å². The van der Waals surface area contributed by atoms with Crippen molar-refractivity contribution in [3.8, 4) is 11.3 Å². The van der Waals surface area contributed by atoms with E-state index in [2.05, 4.69) is 20.9 Å². The van der Waals surface area contributed by atoms with E-state index < -0.39 is 17.7 Å². The van der Waals surface area contributed by atoms with Gasteiger partial charge in [-0.1, -0.05) is 30.3 Å². The molecule has 0 saturated carbocycles. The second-order valence-electron chi connectivity index (χ2n) is 5.04. The van der Waals surface area contributed by atoms with E-state index in [4.69, 9.17) is 0 Å². The van der Waals surface area contributed by atoms with Gasteiger partial charge in [-0.3, -0.25) is 0 Å². The first-order chi connectivity index (χ1) is 11.3. The van der Waals surface area contributed by atoms with Gasteiger partial charge in [0.1, 0.15) is 0 Å². The molecule has 0 aliphatic carbocycles. The number of hydrogen-bond acceptors (Lipinski definition) is 2. The molecule has 1 N–H and O–H groups in total. The van der Waals surface area contributed by atoms with E-state index in [0.717, 1.165) is 6.07 Å². The minimum Gasteiger partial charge on any atom is -0.478 e. The SMILES string of the molecule is O=C(O)c1cc(-c2ccccc2C(F)(F)F)nc2c(Br)cccc12. The predicted octanol–water partition coefficient (Wildman–Crippen LogP) is 5.38. The monoisotopic (exact) mass is 395 g/mol. The number of hydrogen-bond donors (Lipinski definition) is 1. The highest BCUT2D eigenvalue weighted by Gasteiger charge is 2.34. The minimum absolute atomic E-state index is 0.0419. The van der Waals surface area contributed by atoms with Crippen molar-refractivity contribution in [2.45, 2.75) is 6.18 Å². The second kappa shape index (κ2) is 5.90. The van der Waals surface area contributed by atoms with E-state index in [0.29, 0.717) is 15.4 Å². The van der Waals surface area contributed by atoms with Crippen LogP contribution in [0.5, 0.6) is 0 Å². The highest BCUT2D eigenvalue weighted by atomic mass is 79.9. The Morgan fingerprint density at radius 3 is 2.46 bits per heavy atom. The summed E-state index contributed by atoms with van der Waals surface area (Å²) in [5, 5.41) is 9.76. The number of halogens is 4. The molecule has 1 heterocycles. The van der Waals surface area contributed by atoms with E-state index >= 15 is 0 Å². The van der Waals surface area contributed by atoms with Crippen molar-refractivity contribution >= 4 is 32.8 Å². The molecule has 0 radical (unpaired) electrons. The smallest absolute Gasteiger partial charge is 0.417 e. The number of aromatic carboxylic acids is 1. The van der Waals surface area contributed by atoms with Crippen LogP contribution in [-0.4, -0.2) is 16.1 Å². The van der Waals surface area contributed by atoms with Gasteiger partial charge in [0.25, 0.3) is 0 Å². The zero-order valence-electron chi connectivity index (χ0n) is 11.9. The Hall–Kier alpha value is -2.41. The Balaban J connectivity index is 2.37. The average molecular weight is 396 g/mol. The van der Waals surface area contributed by atoms with Gasteiger partial charge in [0.05, 0.1) is 22.3 Å². The van der Waals surface area contributed by atoms with Crippen LogP contribution in [0, 0.1) is 0 Å². The Morgan fingerprint density at radius 2 is 1.79 bits per heavy atom. The number of benzene rings is 2. The summed E-state index contributed by atoms with van der Waals surface area (Å²) in [7, 11) is 0. The first-order valence-electron chi connectivity index (χ1n) is 6.78. The molecule has 0 unspecified atom stereocenters. The number of nitrogens with zero attached hydrogens (tertiary/aromatic N) is 1. The van der Waals surface area contributed by atoms with Crippen molar-refractivity contribution < 1.29 is 23.1 Å². The Morgan fingerprint density at radius 1 is 1.08 bits per heavy atom. The van der Waals surface area contributed by atoms with Crippen molar-refractivity contribution in [3.05, 3.63) is 64.1 Å². The molecule has 7 heteroatoms. The van der Waals surface area contributed by atoms with Crippen LogP contribution in [0.1, 0.15) is 15.9 Å². The molecule has 1 aromatic heterocycles. The number of carboxylic acids is 1. The number of carboxylic acid groups (broad SMARTS) is 1. The molecule has 3 aromatic rings. The molecule has 122 valence electrons. The van der Waals surface area contributed by atoms with Crippen molar-refractivity contribution in [3.63, 3.8) is 0 Å². The normalized spacial score (nSPS) is 11.7. The molecular formula is C17H9BrF3NO2. The first-order valence-corrected chi connectivity index (χ1v) is 7.57. The fourth-order valence-electron chi connectivity index (χ4n) is 2.48. The van der Waals surface area contributed by atoms with Crippen LogP contribution in [0.4, 0.5) is 13.2 Å². The largest absolute Gasteiger partial charge is 0.478 e. The zero-order chi connectivity index (χ0) is 17.5. The third-order valence-corrected chi connectivity index (χ3v) is 4.17. The van der Waals surface area contributed by atoms with Gasteiger partial charge >= 0.3 is 12.1 Å². The number of aromatic nitrogens is 1. The van der Waals surface area contributed by atoms with Crippen molar-refractivity contribution in [1.82, 2.24) is 4.98 Å². The third kappa shape index (κ3) is 2.87. The molecule has 0 saturated heterocycles. The van der Waals surface area contributed by atoms with Crippen LogP contribution in [0.3, 0.4) is 0 Å². The first kappa shape index (κ1) is 16.4. The highest BCUT2D eigenvalue weighted by Crippen LogP contribution is 2.38. The maximum absolute atomic E-state index is 13.2. The lowest BCUT2D eigenvalue weighted by Crippen LogP contribution is -2.08. The summed E-state index contributed by atoms with van der Waals surface area (Å²) in [5.74, 6) is -1.23. The number of para-hydroxylation sites is 1. The molecule has 2 aromatic carbocycles. The molecule has 0 atom stereocenters. The van der Waals surface area contributed by atoms with E-state index in [1.54, 1.807) is 18.2 Å².